The molecule has 1 aliphatic heterocycles. The summed E-state index contributed by atoms with van der Waals surface area (Å²) in [5.41, 5.74) is 1.11. The fourth-order valence-electron chi connectivity index (χ4n) is 2.68. The average molecular weight is 380 g/mol. The van der Waals surface area contributed by atoms with E-state index in [0.29, 0.717) is 12.4 Å². The van der Waals surface area contributed by atoms with Gasteiger partial charge in [0.25, 0.3) is 5.91 Å². The maximum absolute atomic E-state index is 11.8. The quantitative estimate of drug-likeness (QED) is 0.634. The molecule has 2 aromatic carbocycles. The number of nitrogens with one attached hydrogen (secondary N) is 2. The molecule has 1 unspecified atom stereocenters. The van der Waals surface area contributed by atoms with Crippen LogP contribution in [0.2, 0.25) is 0 Å². The third kappa shape index (κ3) is 3.98. The number of ether oxygens (including phenoxy) is 1. The summed E-state index contributed by atoms with van der Waals surface area (Å²) in [7, 11) is 0. The largest absolute Gasteiger partial charge is 0.489 e. The minimum atomic E-state index is -0.802. The number of imide groups is 1. The summed E-state index contributed by atoms with van der Waals surface area (Å²) in [5, 5.41) is 4.75. The van der Waals surface area contributed by atoms with Crippen LogP contribution in [0.4, 0.5) is 4.79 Å². The summed E-state index contributed by atoms with van der Waals surface area (Å²) < 4.78 is 11.2. The third-order valence-corrected chi connectivity index (χ3v) is 5.06. The molecular formula is C20H16N2O4S. The zero-order valence-corrected chi connectivity index (χ0v) is 15.0. The fourth-order valence-corrected chi connectivity index (χ4v) is 3.59. The summed E-state index contributed by atoms with van der Waals surface area (Å²) in [6, 6.07) is 18.1. The average Bonchev–Trinajstić information content (AvgIpc) is 3.27. The summed E-state index contributed by atoms with van der Waals surface area (Å²) in [6.07, 6.45) is 1.51. The van der Waals surface area contributed by atoms with Gasteiger partial charge in [0.15, 0.2) is 6.04 Å². The fraction of sp³-hybridized carbons (Fsp3) is 0.100. The van der Waals surface area contributed by atoms with Crippen molar-refractivity contribution in [2.75, 3.05) is 0 Å². The van der Waals surface area contributed by atoms with Gasteiger partial charge in [-0.25, -0.2) is 4.79 Å². The van der Waals surface area contributed by atoms with E-state index in [-0.39, 0.29) is 0 Å². The van der Waals surface area contributed by atoms with Crippen molar-refractivity contribution in [1.29, 1.82) is 0 Å². The minimum absolute atomic E-state index is 0.415. The topological polar surface area (TPSA) is 80.6 Å². The SMILES string of the molecule is O=C1NC(=O)C(c2occc2Sc2ccc(OCc3ccccc3)cc2)N1. The molecule has 0 saturated carbocycles. The lowest BCUT2D eigenvalue weighted by molar-refractivity contribution is -0.120. The van der Waals surface area contributed by atoms with Gasteiger partial charge in [-0.05, 0) is 35.9 Å². The van der Waals surface area contributed by atoms with Gasteiger partial charge < -0.3 is 14.5 Å². The monoisotopic (exact) mass is 380 g/mol. The van der Waals surface area contributed by atoms with E-state index in [1.807, 2.05) is 54.6 Å². The predicted octanol–water partition coefficient (Wildman–Crippen LogP) is 3.89. The number of urea groups is 1. The number of carbonyl (C=O) groups excluding carboxylic acids is 2. The minimum Gasteiger partial charge on any atom is -0.489 e. The highest BCUT2D eigenvalue weighted by molar-refractivity contribution is 7.99. The molecular weight excluding hydrogens is 364 g/mol. The van der Waals surface area contributed by atoms with E-state index in [1.54, 1.807) is 6.07 Å². The Labute approximate surface area is 159 Å². The number of hydrogen-bond acceptors (Lipinski definition) is 5. The number of hydrogen-bond donors (Lipinski definition) is 2. The Morgan fingerprint density at radius 1 is 1.00 bits per heavy atom. The highest BCUT2D eigenvalue weighted by atomic mass is 32.2. The van der Waals surface area contributed by atoms with Crippen LogP contribution in [-0.4, -0.2) is 11.9 Å². The maximum Gasteiger partial charge on any atom is 0.322 e. The lowest BCUT2D eigenvalue weighted by Gasteiger charge is -2.09. The Hall–Kier alpha value is -3.19. The van der Waals surface area contributed by atoms with Gasteiger partial charge in [0.05, 0.1) is 11.2 Å². The molecule has 136 valence electrons. The highest BCUT2D eigenvalue weighted by Gasteiger charge is 2.35. The molecule has 1 atom stereocenters. The van der Waals surface area contributed by atoms with Crippen molar-refractivity contribution >= 4 is 23.7 Å². The number of carbonyl (C=O) groups is 2. The molecule has 27 heavy (non-hydrogen) atoms. The normalized spacial score (nSPS) is 16.1. The van der Waals surface area contributed by atoms with E-state index in [1.165, 1.54) is 18.0 Å². The molecule has 4 rings (SSSR count). The zero-order chi connectivity index (χ0) is 18.6. The molecule has 2 heterocycles. The molecule has 1 aliphatic rings. The molecule has 3 aromatic rings. The van der Waals surface area contributed by atoms with E-state index in [0.717, 1.165) is 21.1 Å². The van der Waals surface area contributed by atoms with E-state index < -0.39 is 18.0 Å². The molecule has 2 N–H and O–H groups in total. The first-order valence-electron chi connectivity index (χ1n) is 8.32. The number of rotatable bonds is 6. The number of furan rings is 1. The molecule has 1 saturated heterocycles. The second-order valence-electron chi connectivity index (χ2n) is 5.89. The van der Waals surface area contributed by atoms with Crippen molar-refractivity contribution in [3.8, 4) is 5.75 Å². The molecule has 6 nitrogen and oxygen atoms in total. The Bertz CT molecular complexity index is 954. The van der Waals surface area contributed by atoms with Gasteiger partial charge in [0.2, 0.25) is 0 Å². The molecule has 0 radical (unpaired) electrons. The van der Waals surface area contributed by atoms with Gasteiger partial charge in [0.1, 0.15) is 18.1 Å². The van der Waals surface area contributed by atoms with Crippen LogP contribution < -0.4 is 15.4 Å². The van der Waals surface area contributed by atoms with Crippen LogP contribution in [0.15, 0.2) is 81.1 Å². The summed E-state index contributed by atoms with van der Waals surface area (Å²) in [4.78, 5) is 24.9. The van der Waals surface area contributed by atoms with E-state index in [4.69, 9.17) is 9.15 Å². The summed E-state index contributed by atoms with van der Waals surface area (Å²) >= 11 is 1.45. The molecule has 3 amide bonds. The summed E-state index contributed by atoms with van der Waals surface area (Å²) in [6.45, 7) is 0.510. The van der Waals surface area contributed by atoms with Crippen molar-refractivity contribution in [3.05, 3.63) is 78.3 Å². The van der Waals surface area contributed by atoms with Gasteiger partial charge >= 0.3 is 6.03 Å². The van der Waals surface area contributed by atoms with E-state index in [9.17, 15) is 9.59 Å². The van der Waals surface area contributed by atoms with Crippen LogP contribution in [0.3, 0.4) is 0 Å². The smallest absolute Gasteiger partial charge is 0.322 e. The molecule has 0 bridgehead atoms. The van der Waals surface area contributed by atoms with Crippen molar-refractivity contribution in [2.45, 2.75) is 22.4 Å². The van der Waals surface area contributed by atoms with Crippen molar-refractivity contribution in [1.82, 2.24) is 10.6 Å². The number of benzene rings is 2. The third-order valence-electron chi connectivity index (χ3n) is 3.99. The van der Waals surface area contributed by atoms with Crippen molar-refractivity contribution in [3.63, 3.8) is 0 Å². The van der Waals surface area contributed by atoms with Gasteiger partial charge in [-0.3, -0.25) is 10.1 Å². The maximum atomic E-state index is 11.8. The van der Waals surface area contributed by atoms with Crippen molar-refractivity contribution < 1.29 is 18.7 Å². The first-order chi connectivity index (χ1) is 13.2. The van der Waals surface area contributed by atoms with Gasteiger partial charge in [-0.1, -0.05) is 42.1 Å². The van der Waals surface area contributed by atoms with Crippen molar-refractivity contribution in [2.24, 2.45) is 0 Å². The Kier molecular flexibility index (Phi) is 4.84. The van der Waals surface area contributed by atoms with E-state index in [2.05, 4.69) is 10.6 Å². The predicted molar refractivity (Wildman–Crippen MR) is 99.5 cm³/mol. The van der Waals surface area contributed by atoms with Gasteiger partial charge in [-0.15, -0.1) is 0 Å². The second-order valence-corrected chi connectivity index (χ2v) is 7.01. The van der Waals surface area contributed by atoms with Crippen LogP contribution in [-0.2, 0) is 11.4 Å². The molecule has 7 heteroatoms. The molecule has 1 aromatic heterocycles. The van der Waals surface area contributed by atoms with Gasteiger partial charge in [-0.2, -0.15) is 0 Å². The van der Waals surface area contributed by atoms with Gasteiger partial charge in [0, 0.05) is 4.90 Å². The Balaban J connectivity index is 1.41. The first kappa shape index (κ1) is 17.2. The van der Waals surface area contributed by atoms with Crippen LogP contribution in [0.25, 0.3) is 0 Å². The summed E-state index contributed by atoms with van der Waals surface area (Å²) in [5.74, 6) is 0.785. The van der Waals surface area contributed by atoms with Crippen LogP contribution in [0, 0.1) is 0 Å². The lowest BCUT2D eigenvalue weighted by atomic mass is 10.2. The Morgan fingerprint density at radius 3 is 2.48 bits per heavy atom. The van der Waals surface area contributed by atoms with Crippen LogP contribution >= 0.6 is 11.8 Å². The zero-order valence-electron chi connectivity index (χ0n) is 14.2. The highest BCUT2D eigenvalue weighted by Crippen LogP contribution is 2.35. The number of amides is 3. The first-order valence-corrected chi connectivity index (χ1v) is 9.14. The molecule has 0 spiro atoms. The van der Waals surface area contributed by atoms with Crippen LogP contribution in [0.5, 0.6) is 5.75 Å². The molecule has 0 aliphatic carbocycles. The second kappa shape index (κ2) is 7.59. The standard InChI is InChI=1S/C20H16N2O4S/c23-19-17(21-20(24)22-19)18-16(10-11-25-18)27-15-8-6-14(7-9-15)26-12-13-4-2-1-3-5-13/h1-11,17H,12H2,(H2,21,22,23,24). The van der Waals surface area contributed by atoms with E-state index >= 15 is 0 Å². The Morgan fingerprint density at radius 2 is 1.78 bits per heavy atom. The van der Waals surface area contributed by atoms with Crippen LogP contribution in [0.1, 0.15) is 17.4 Å². The lowest BCUT2D eigenvalue weighted by Crippen LogP contribution is -2.22. The molecule has 1 fully saturated rings.